The van der Waals surface area contributed by atoms with E-state index in [2.05, 4.69) is 6.58 Å². The maximum absolute atomic E-state index is 11.3. The molecule has 0 radical (unpaired) electrons. The highest BCUT2D eigenvalue weighted by Gasteiger charge is 2.19. The van der Waals surface area contributed by atoms with Crippen molar-refractivity contribution < 1.29 is 14.3 Å². The van der Waals surface area contributed by atoms with Crippen molar-refractivity contribution in [1.29, 1.82) is 0 Å². The lowest BCUT2D eigenvalue weighted by atomic mass is 9.99. The van der Waals surface area contributed by atoms with Crippen LogP contribution in [0.25, 0.3) is 0 Å². The lowest BCUT2D eigenvalue weighted by Gasteiger charge is -2.24. The fraction of sp³-hybridized carbons (Fsp3) is 0.583. The minimum absolute atomic E-state index is 0.0145. The van der Waals surface area contributed by atoms with Gasteiger partial charge in [-0.2, -0.15) is 0 Å². The van der Waals surface area contributed by atoms with E-state index in [4.69, 9.17) is 9.47 Å². The van der Waals surface area contributed by atoms with Crippen LogP contribution in [0.4, 0.5) is 0 Å². The number of hydrogen-bond acceptors (Lipinski definition) is 3. The van der Waals surface area contributed by atoms with Gasteiger partial charge >= 0.3 is 5.97 Å². The molecule has 0 saturated carbocycles. The van der Waals surface area contributed by atoms with Gasteiger partial charge in [0.15, 0.2) is 0 Å². The van der Waals surface area contributed by atoms with Gasteiger partial charge in [0.1, 0.15) is 0 Å². The summed E-state index contributed by atoms with van der Waals surface area (Å²) in [6.45, 7) is 6.66. The van der Waals surface area contributed by atoms with Crippen LogP contribution in [0.5, 0.6) is 0 Å². The zero-order chi connectivity index (χ0) is 11.1. The molecule has 1 fully saturated rings. The fourth-order valence-corrected chi connectivity index (χ4v) is 1.64. The average molecular weight is 210 g/mol. The molecule has 1 saturated heterocycles. The molecule has 0 aromatic carbocycles. The Labute approximate surface area is 90.8 Å². The maximum atomic E-state index is 11.3. The molecule has 1 atom stereocenters. The van der Waals surface area contributed by atoms with Gasteiger partial charge in [-0.3, -0.25) is 0 Å². The molecule has 84 valence electrons. The van der Waals surface area contributed by atoms with E-state index in [1.54, 1.807) is 13.0 Å². The van der Waals surface area contributed by atoms with Gasteiger partial charge in [0.2, 0.25) is 0 Å². The molecule has 1 rings (SSSR count). The van der Waals surface area contributed by atoms with Gasteiger partial charge in [-0.1, -0.05) is 6.08 Å². The predicted molar refractivity (Wildman–Crippen MR) is 58.5 cm³/mol. The third-order valence-electron chi connectivity index (χ3n) is 2.31. The Morgan fingerprint density at radius 3 is 3.20 bits per heavy atom. The van der Waals surface area contributed by atoms with Gasteiger partial charge in [0.25, 0.3) is 0 Å². The van der Waals surface area contributed by atoms with Crippen LogP contribution in [0.3, 0.4) is 0 Å². The molecular weight excluding hydrogens is 192 g/mol. The highest BCUT2D eigenvalue weighted by molar-refractivity contribution is 5.83. The van der Waals surface area contributed by atoms with E-state index >= 15 is 0 Å². The molecule has 1 heterocycles. The molecule has 1 unspecified atom stereocenters. The van der Waals surface area contributed by atoms with E-state index < -0.39 is 0 Å². The lowest BCUT2D eigenvalue weighted by molar-refractivity contribution is -0.137. The summed E-state index contributed by atoms with van der Waals surface area (Å²) in [6, 6.07) is 0. The highest BCUT2D eigenvalue weighted by Crippen LogP contribution is 2.22. The summed E-state index contributed by atoms with van der Waals surface area (Å²) in [6.07, 6.45) is 6.04. The van der Waals surface area contributed by atoms with E-state index in [1.807, 2.05) is 6.08 Å². The second-order valence-corrected chi connectivity index (χ2v) is 3.46. The number of carbonyl (C=O) groups excluding carboxylic acids is 1. The van der Waals surface area contributed by atoms with E-state index in [0.717, 1.165) is 31.4 Å². The Kier molecular flexibility index (Phi) is 5.12. The summed E-state index contributed by atoms with van der Waals surface area (Å²) in [5, 5.41) is 0. The van der Waals surface area contributed by atoms with Gasteiger partial charge in [-0.25, -0.2) is 4.79 Å². The Morgan fingerprint density at radius 1 is 1.73 bits per heavy atom. The third kappa shape index (κ3) is 3.88. The minimum atomic E-state index is -0.271. The van der Waals surface area contributed by atoms with Crippen LogP contribution in [0.1, 0.15) is 26.2 Å². The van der Waals surface area contributed by atoms with Crippen molar-refractivity contribution in [3.63, 3.8) is 0 Å². The van der Waals surface area contributed by atoms with Crippen LogP contribution in [-0.2, 0) is 14.3 Å². The molecule has 0 spiro atoms. The van der Waals surface area contributed by atoms with Crippen molar-refractivity contribution >= 4 is 5.97 Å². The molecule has 3 nitrogen and oxygen atoms in total. The molecule has 1 aliphatic heterocycles. The van der Waals surface area contributed by atoms with Crippen LogP contribution in [0.2, 0.25) is 0 Å². The second-order valence-electron chi connectivity index (χ2n) is 3.46. The van der Waals surface area contributed by atoms with Crippen molar-refractivity contribution in [3.05, 3.63) is 24.3 Å². The van der Waals surface area contributed by atoms with Gasteiger partial charge in [0, 0.05) is 12.7 Å². The fourth-order valence-electron chi connectivity index (χ4n) is 1.64. The van der Waals surface area contributed by atoms with Crippen LogP contribution in [-0.4, -0.2) is 25.3 Å². The molecule has 0 aromatic rings. The summed E-state index contributed by atoms with van der Waals surface area (Å²) in [5.74, 6) is -0.271. The topological polar surface area (TPSA) is 35.5 Å². The average Bonchev–Trinajstić information content (AvgIpc) is 2.21. The standard InChI is InChI=1S/C12H18O3/c1-3-6-11-10(7-5-8-15-11)9-12(13)14-4-2/h3,9,11H,1,4-8H2,2H3/b10-9+. The normalized spacial score (nSPS) is 23.8. The molecule has 3 heteroatoms. The Bertz CT molecular complexity index is 256. The van der Waals surface area contributed by atoms with Crippen LogP contribution in [0, 0.1) is 0 Å². The summed E-state index contributed by atoms with van der Waals surface area (Å²) >= 11 is 0. The SMILES string of the molecule is C=CCC1OCCC/C1=C\C(=O)OCC. The molecule has 0 amide bonds. The van der Waals surface area contributed by atoms with Crippen molar-refractivity contribution in [2.24, 2.45) is 0 Å². The first-order valence-electron chi connectivity index (χ1n) is 5.37. The van der Waals surface area contributed by atoms with Gasteiger partial charge < -0.3 is 9.47 Å². The minimum Gasteiger partial charge on any atom is -0.463 e. The van der Waals surface area contributed by atoms with E-state index in [0.29, 0.717) is 6.61 Å². The van der Waals surface area contributed by atoms with Crippen molar-refractivity contribution in [1.82, 2.24) is 0 Å². The highest BCUT2D eigenvalue weighted by atomic mass is 16.5. The zero-order valence-electron chi connectivity index (χ0n) is 9.20. The Balaban J connectivity index is 2.61. The van der Waals surface area contributed by atoms with Gasteiger partial charge in [0.05, 0.1) is 12.7 Å². The maximum Gasteiger partial charge on any atom is 0.330 e. The summed E-state index contributed by atoms with van der Waals surface area (Å²) in [4.78, 5) is 11.3. The number of esters is 1. The zero-order valence-corrected chi connectivity index (χ0v) is 9.20. The van der Waals surface area contributed by atoms with Crippen molar-refractivity contribution in [2.45, 2.75) is 32.3 Å². The van der Waals surface area contributed by atoms with Crippen LogP contribution < -0.4 is 0 Å². The molecule has 0 aliphatic carbocycles. The molecular formula is C12H18O3. The molecule has 0 N–H and O–H groups in total. The van der Waals surface area contributed by atoms with E-state index in [1.165, 1.54) is 0 Å². The molecule has 0 aromatic heterocycles. The van der Waals surface area contributed by atoms with Crippen molar-refractivity contribution in [2.75, 3.05) is 13.2 Å². The van der Waals surface area contributed by atoms with Crippen LogP contribution >= 0.6 is 0 Å². The number of ether oxygens (including phenoxy) is 2. The first-order valence-corrected chi connectivity index (χ1v) is 5.37. The van der Waals surface area contributed by atoms with Crippen LogP contribution in [0.15, 0.2) is 24.3 Å². The number of hydrogen-bond donors (Lipinski definition) is 0. The lowest BCUT2D eigenvalue weighted by Crippen LogP contribution is -2.22. The quantitative estimate of drug-likeness (QED) is 0.405. The van der Waals surface area contributed by atoms with Gasteiger partial charge in [-0.15, -0.1) is 6.58 Å². The largest absolute Gasteiger partial charge is 0.463 e. The third-order valence-corrected chi connectivity index (χ3v) is 2.31. The summed E-state index contributed by atoms with van der Waals surface area (Å²) < 4.78 is 10.4. The summed E-state index contributed by atoms with van der Waals surface area (Å²) in [5.41, 5.74) is 1.03. The van der Waals surface area contributed by atoms with Crippen molar-refractivity contribution in [3.8, 4) is 0 Å². The summed E-state index contributed by atoms with van der Waals surface area (Å²) in [7, 11) is 0. The van der Waals surface area contributed by atoms with E-state index in [-0.39, 0.29) is 12.1 Å². The molecule has 0 bridgehead atoms. The number of carbonyl (C=O) groups is 1. The predicted octanol–water partition coefficient (Wildman–Crippen LogP) is 2.23. The first kappa shape index (κ1) is 12.0. The Hall–Kier alpha value is -1.09. The number of rotatable bonds is 4. The van der Waals surface area contributed by atoms with Gasteiger partial charge in [-0.05, 0) is 31.8 Å². The molecule has 1 aliphatic rings. The smallest absolute Gasteiger partial charge is 0.330 e. The molecule has 15 heavy (non-hydrogen) atoms. The second kappa shape index (κ2) is 6.40. The Morgan fingerprint density at radius 2 is 2.53 bits per heavy atom. The monoisotopic (exact) mass is 210 g/mol. The van der Waals surface area contributed by atoms with E-state index in [9.17, 15) is 4.79 Å². The first-order chi connectivity index (χ1) is 7.27.